The van der Waals surface area contributed by atoms with Gasteiger partial charge in [-0.05, 0) is 74.9 Å². The molecular formula is C28H33F3N4O2. The van der Waals surface area contributed by atoms with Gasteiger partial charge in [-0.2, -0.15) is 5.26 Å². The number of nitrogens with one attached hydrogen (secondary N) is 1. The predicted octanol–water partition coefficient (Wildman–Crippen LogP) is 5.09. The zero-order chi connectivity index (χ0) is 26.3. The number of nitriles is 1. The lowest BCUT2D eigenvalue weighted by Crippen LogP contribution is -2.41. The number of alkyl halides is 3. The van der Waals surface area contributed by atoms with E-state index in [1.54, 1.807) is 6.07 Å². The number of nitrogens with zero attached hydrogens (tertiary/aromatic N) is 3. The van der Waals surface area contributed by atoms with Gasteiger partial charge < -0.3 is 15.0 Å². The first-order chi connectivity index (χ1) is 17.8. The van der Waals surface area contributed by atoms with Crippen molar-refractivity contribution in [3.8, 4) is 11.8 Å². The molecule has 0 atom stereocenters. The molecule has 4 rings (SSSR count). The first kappa shape index (κ1) is 26.8. The van der Waals surface area contributed by atoms with E-state index >= 15 is 0 Å². The van der Waals surface area contributed by atoms with Crippen LogP contribution in [0.15, 0.2) is 48.5 Å². The number of benzene rings is 2. The molecule has 0 aromatic heterocycles. The van der Waals surface area contributed by atoms with Crippen molar-refractivity contribution in [2.45, 2.75) is 45.0 Å². The fourth-order valence-corrected chi connectivity index (χ4v) is 5.23. The summed E-state index contributed by atoms with van der Waals surface area (Å²) in [7, 11) is 0. The molecule has 0 radical (unpaired) electrons. The molecule has 1 N–H and O–H groups in total. The van der Waals surface area contributed by atoms with Gasteiger partial charge in [-0.1, -0.05) is 30.3 Å². The number of carbonyl (C=O) groups excluding carboxylic acids is 1. The number of amides is 1. The number of halogens is 3. The molecule has 0 unspecified atom stereocenters. The number of carbonyl (C=O) groups is 1. The molecule has 0 bridgehead atoms. The van der Waals surface area contributed by atoms with Gasteiger partial charge in [-0.15, -0.1) is 13.2 Å². The van der Waals surface area contributed by atoms with Crippen LogP contribution in [0.1, 0.15) is 43.2 Å². The van der Waals surface area contributed by atoms with Crippen molar-refractivity contribution in [1.29, 1.82) is 5.26 Å². The third-order valence-electron chi connectivity index (χ3n) is 7.35. The fourth-order valence-electron chi connectivity index (χ4n) is 5.23. The Morgan fingerprint density at radius 3 is 2.38 bits per heavy atom. The second-order valence-electron chi connectivity index (χ2n) is 9.89. The van der Waals surface area contributed by atoms with Crippen LogP contribution in [0.4, 0.5) is 18.9 Å². The van der Waals surface area contributed by atoms with E-state index in [1.807, 2.05) is 11.0 Å². The molecule has 2 aromatic rings. The summed E-state index contributed by atoms with van der Waals surface area (Å²) in [6.45, 7) is 5.05. The molecule has 6 nitrogen and oxygen atoms in total. The van der Waals surface area contributed by atoms with E-state index in [2.05, 4.69) is 39.2 Å². The molecule has 2 saturated heterocycles. The fraction of sp³-hybridized carbons (Fsp3) is 0.500. The normalized spacial score (nSPS) is 17.8. The summed E-state index contributed by atoms with van der Waals surface area (Å²) in [6.07, 6.45) is -0.235. The minimum absolute atomic E-state index is 0.0766. The van der Waals surface area contributed by atoms with Crippen LogP contribution in [-0.4, -0.2) is 49.9 Å². The lowest BCUT2D eigenvalue weighted by molar-refractivity contribution is -0.274. The highest BCUT2D eigenvalue weighted by atomic mass is 19.4. The van der Waals surface area contributed by atoms with Crippen LogP contribution in [-0.2, 0) is 11.3 Å². The second-order valence-corrected chi connectivity index (χ2v) is 9.89. The van der Waals surface area contributed by atoms with Crippen molar-refractivity contribution >= 4 is 11.6 Å². The standard InChI is InChI=1S/C28H33F3N4O2/c29-28(30,31)37-26-7-6-25(18-24(26)19-32)35-16-11-23(12-17-35)27(36)33-13-8-21-9-14-34(15-10-21)20-22-4-2-1-3-5-22/h1-7,18,21,23H,8-17,20H2,(H,33,36). The number of hydrogen-bond acceptors (Lipinski definition) is 5. The Morgan fingerprint density at radius 2 is 1.73 bits per heavy atom. The highest BCUT2D eigenvalue weighted by Gasteiger charge is 2.32. The zero-order valence-electron chi connectivity index (χ0n) is 20.8. The monoisotopic (exact) mass is 514 g/mol. The Hall–Kier alpha value is -3.25. The number of likely N-dealkylation sites (tertiary alicyclic amines) is 1. The maximum absolute atomic E-state index is 12.7. The summed E-state index contributed by atoms with van der Waals surface area (Å²) in [6, 6.07) is 16.4. The van der Waals surface area contributed by atoms with Crippen molar-refractivity contribution in [1.82, 2.24) is 10.2 Å². The summed E-state index contributed by atoms with van der Waals surface area (Å²) in [5, 5.41) is 12.3. The van der Waals surface area contributed by atoms with Crippen molar-refractivity contribution in [2.75, 3.05) is 37.6 Å². The summed E-state index contributed by atoms with van der Waals surface area (Å²) >= 11 is 0. The lowest BCUT2D eigenvalue weighted by Gasteiger charge is -2.34. The third kappa shape index (κ3) is 7.86. The minimum Gasteiger partial charge on any atom is -0.404 e. The number of hydrogen-bond donors (Lipinski definition) is 1. The van der Waals surface area contributed by atoms with Gasteiger partial charge in [0, 0.05) is 37.8 Å². The van der Waals surface area contributed by atoms with Gasteiger partial charge in [0.1, 0.15) is 11.8 Å². The molecule has 2 aliphatic rings. The van der Waals surface area contributed by atoms with Crippen LogP contribution in [0, 0.1) is 23.2 Å². The smallest absolute Gasteiger partial charge is 0.404 e. The van der Waals surface area contributed by atoms with Crippen LogP contribution in [0.3, 0.4) is 0 Å². The predicted molar refractivity (Wildman–Crippen MR) is 135 cm³/mol. The van der Waals surface area contributed by atoms with Crippen molar-refractivity contribution < 1.29 is 22.7 Å². The molecule has 0 saturated carbocycles. The Kier molecular flexibility index (Phi) is 8.93. The molecule has 1 amide bonds. The highest BCUT2D eigenvalue weighted by molar-refractivity contribution is 5.79. The molecular weight excluding hydrogens is 481 g/mol. The molecule has 2 fully saturated rings. The zero-order valence-corrected chi connectivity index (χ0v) is 20.8. The van der Waals surface area contributed by atoms with Gasteiger partial charge in [0.05, 0.1) is 5.56 Å². The van der Waals surface area contributed by atoms with Crippen LogP contribution in [0.25, 0.3) is 0 Å². The SMILES string of the molecule is N#Cc1cc(N2CCC(C(=O)NCCC3CCN(Cc4ccccc4)CC3)CC2)ccc1OC(F)(F)F. The van der Waals surface area contributed by atoms with Crippen LogP contribution >= 0.6 is 0 Å². The number of anilines is 1. The molecule has 0 aliphatic carbocycles. The average Bonchev–Trinajstić information content (AvgIpc) is 2.90. The maximum Gasteiger partial charge on any atom is 0.573 e. The molecule has 2 aliphatic heterocycles. The van der Waals surface area contributed by atoms with E-state index in [4.69, 9.17) is 0 Å². The molecule has 37 heavy (non-hydrogen) atoms. The van der Waals surface area contributed by atoms with Gasteiger partial charge in [-0.3, -0.25) is 9.69 Å². The van der Waals surface area contributed by atoms with E-state index < -0.39 is 12.1 Å². The van der Waals surface area contributed by atoms with Gasteiger partial charge in [0.2, 0.25) is 5.91 Å². The molecule has 2 aromatic carbocycles. The average molecular weight is 515 g/mol. The van der Waals surface area contributed by atoms with Crippen molar-refractivity contribution in [3.63, 3.8) is 0 Å². The van der Waals surface area contributed by atoms with Crippen LogP contribution in [0.5, 0.6) is 5.75 Å². The topological polar surface area (TPSA) is 68.6 Å². The van der Waals surface area contributed by atoms with Gasteiger partial charge in [0.25, 0.3) is 0 Å². The molecule has 2 heterocycles. The van der Waals surface area contributed by atoms with E-state index in [1.165, 1.54) is 23.8 Å². The maximum atomic E-state index is 12.7. The van der Waals surface area contributed by atoms with Gasteiger partial charge in [0.15, 0.2) is 0 Å². The Bertz CT molecular complexity index is 1070. The number of piperidine rings is 2. The van der Waals surface area contributed by atoms with E-state index in [-0.39, 0.29) is 17.4 Å². The molecule has 9 heteroatoms. The van der Waals surface area contributed by atoms with Crippen molar-refractivity contribution in [3.05, 3.63) is 59.7 Å². The van der Waals surface area contributed by atoms with Crippen LogP contribution in [0.2, 0.25) is 0 Å². The minimum atomic E-state index is -4.85. The van der Waals surface area contributed by atoms with Gasteiger partial charge in [-0.25, -0.2) is 0 Å². The molecule has 0 spiro atoms. The Morgan fingerprint density at radius 1 is 1.03 bits per heavy atom. The number of ether oxygens (including phenoxy) is 1. The summed E-state index contributed by atoms with van der Waals surface area (Å²) in [5.41, 5.74) is 1.83. The summed E-state index contributed by atoms with van der Waals surface area (Å²) in [5.74, 6) is 0.128. The highest BCUT2D eigenvalue weighted by Crippen LogP contribution is 2.31. The Labute approximate surface area is 216 Å². The van der Waals surface area contributed by atoms with E-state index in [0.29, 0.717) is 44.1 Å². The quantitative estimate of drug-likeness (QED) is 0.532. The summed E-state index contributed by atoms with van der Waals surface area (Å²) in [4.78, 5) is 17.2. The Balaban J connectivity index is 1.16. The van der Waals surface area contributed by atoms with E-state index in [9.17, 15) is 23.2 Å². The van der Waals surface area contributed by atoms with Crippen LogP contribution < -0.4 is 15.0 Å². The van der Waals surface area contributed by atoms with Crippen molar-refractivity contribution in [2.24, 2.45) is 11.8 Å². The van der Waals surface area contributed by atoms with E-state index in [0.717, 1.165) is 38.9 Å². The van der Waals surface area contributed by atoms with Gasteiger partial charge >= 0.3 is 6.36 Å². The summed E-state index contributed by atoms with van der Waals surface area (Å²) < 4.78 is 41.5. The largest absolute Gasteiger partial charge is 0.573 e. The number of rotatable bonds is 8. The first-order valence-electron chi connectivity index (χ1n) is 12.9. The lowest BCUT2D eigenvalue weighted by atomic mass is 9.92. The third-order valence-corrected chi connectivity index (χ3v) is 7.35. The molecule has 198 valence electrons. The second kappa shape index (κ2) is 12.3. The first-order valence-corrected chi connectivity index (χ1v) is 12.9.